The molecule has 18 heavy (non-hydrogen) atoms. The Morgan fingerprint density at radius 2 is 1.83 bits per heavy atom. The summed E-state index contributed by atoms with van der Waals surface area (Å²) in [4.78, 5) is 2.47. The molecule has 1 heterocycles. The molecule has 0 aliphatic carbocycles. The predicted octanol–water partition coefficient (Wildman–Crippen LogP) is 1.42. The fourth-order valence-electron chi connectivity index (χ4n) is 2.39. The van der Waals surface area contributed by atoms with Gasteiger partial charge in [0.1, 0.15) is 0 Å². The topological polar surface area (TPSA) is 27.3 Å². The van der Waals surface area contributed by atoms with Gasteiger partial charge >= 0.3 is 0 Å². The quantitative estimate of drug-likeness (QED) is 0.824. The van der Waals surface area contributed by atoms with E-state index in [1.807, 2.05) is 0 Å². The van der Waals surface area contributed by atoms with Crippen LogP contribution in [0, 0.1) is 0 Å². The van der Waals surface area contributed by atoms with Crippen molar-refractivity contribution >= 4 is 0 Å². The van der Waals surface area contributed by atoms with Gasteiger partial charge in [0.05, 0.1) is 0 Å². The Hall–Kier alpha value is -0.900. The fourth-order valence-corrected chi connectivity index (χ4v) is 2.39. The van der Waals surface area contributed by atoms with Crippen LogP contribution in [0.1, 0.15) is 19.4 Å². The van der Waals surface area contributed by atoms with Crippen molar-refractivity contribution in [1.82, 2.24) is 15.5 Å². The molecule has 1 aromatic rings. The van der Waals surface area contributed by atoms with E-state index in [0.29, 0.717) is 0 Å². The Labute approximate surface area is 111 Å². The highest BCUT2D eigenvalue weighted by molar-refractivity contribution is 5.23. The van der Waals surface area contributed by atoms with Gasteiger partial charge in [0.2, 0.25) is 0 Å². The van der Waals surface area contributed by atoms with Crippen LogP contribution in [0.25, 0.3) is 0 Å². The van der Waals surface area contributed by atoms with Gasteiger partial charge < -0.3 is 10.6 Å². The van der Waals surface area contributed by atoms with Crippen molar-refractivity contribution in [3.8, 4) is 0 Å². The molecule has 0 spiro atoms. The molecule has 0 saturated carbocycles. The predicted molar refractivity (Wildman–Crippen MR) is 76.8 cm³/mol. The third-order valence-corrected chi connectivity index (χ3v) is 3.67. The normalized spacial score (nSPS) is 17.9. The molecule has 3 heteroatoms. The first kappa shape index (κ1) is 13.5. The van der Waals surface area contributed by atoms with Gasteiger partial charge in [-0.3, -0.25) is 4.90 Å². The average molecular weight is 247 g/mol. The number of nitrogens with one attached hydrogen (secondary N) is 2. The van der Waals surface area contributed by atoms with Gasteiger partial charge in [-0.1, -0.05) is 44.2 Å². The van der Waals surface area contributed by atoms with E-state index in [1.54, 1.807) is 0 Å². The van der Waals surface area contributed by atoms with Crippen molar-refractivity contribution in [2.45, 2.75) is 19.3 Å². The zero-order valence-electron chi connectivity index (χ0n) is 11.6. The minimum absolute atomic E-state index is 0.190. The van der Waals surface area contributed by atoms with Gasteiger partial charge in [0, 0.05) is 44.8 Å². The smallest absolute Gasteiger partial charge is 0.0481 e. The molecule has 0 radical (unpaired) electrons. The van der Waals surface area contributed by atoms with Gasteiger partial charge in [-0.25, -0.2) is 0 Å². The van der Waals surface area contributed by atoms with Crippen LogP contribution in [-0.4, -0.2) is 44.3 Å². The lowest BCUT2D eigenvalue weighted by Gasteiger charge is -2.30. The molecule has 0 amide bonds. The molecule has 3 nitrogen and oxygen atoms in total. The summed E-state index contributed by atoms with van der Waals surface area (Å²) in [5.41, 5.74) is 1.59. The fraction of sp³-hybridized carbons (Fsp3) is 0.600. The minimum atomic E-state index is 0.190. The maximum atomic E-state index is 3.59. The Morgan fingerprint density at radius 3 is 2.50 bits per heavy atom. The Kier molecular flexibility index (Phi) is 4.75. The summed E-state index contributed by atoms with van der Waals surface area (Å²) < 4.78 is 0. The Balaban J connectivity index is 1.78. The van der Waals surface area contributed by atoms with Crippen LogP contribution in [0.4, 0.5) is 0 Å². The lowest BCUT2D eigenvalue weighted by molar-refractivity contribution is 0.218. The van der Waals surface area contributed by atoms with E-state index >= 15 is 0 Å². The minimum Gasteiger partial charge on any atom is -0.314 e. The summed E-state index contributed by atoms with van der Waals surface area (Å²) in [6.07, 6.45) is 0. The first-order chi connectivity index (χ1) is 8.68. The van der Waals surface area contributed by atoms with E-state index in [-0.39, 0.29) is 5.41 Å². The number of nitrogens with zero attached hydrogens (tertiary/aromatic N) is 1. The lowest BCUT2D eigenvalue weighted by atomic mass is 9.85. The molecule has 0 unspecified atom stereocenters. The van der Waals surface area contributed by atoms with Crippen LogP contribution < -0.4 is 10.6 Å². The molecule has 0 atom stereocenters. The van der Waals surface area contributed by atoms with Crippen molar-refractivity contribution in [3.63, 3.8) is 0 Å². The zero-order valence-corrected chi connectivity index (χ0v) is 11.6. The highest BCUT2D eigenvalue weighted by Gasteiger charge is 2.20. The van der Waals surface area contributed by atoms with Crippen LogP contribution in [0.5, 0.6) is 0 Å². The molecule has 2 N–H and O–H groups in total. The second-order valence-corrected chi connectivity index (χ2v) is 5.70. The van der Waals surface area contributed by atoms with Crippen LogP contribution in [0.3, 0.4) is 0 Å². The number of hydrogen-bond acceptors (Lipinski definition) is 3. The largest absolute Gasteiger partial charge is 0.314 e. The van der Waals surface area contributed by atoms with Crippen LogP contribution >= 0.6 is 0 Å². The highest BCUT2D eigenvalue weighted by Crippen LogP contribution is 2.21. The van der Waals surface area contributed by atoms with Gasteiger partial charge in [0.15, 0.2) is 0 Å². The standard InChI is InChI=1S/C15H25N3/c1-15(2,14-6-4-3-5-7-14)12-17-13-18-10-8-16-9-11-18/h3-7,16-17H,8-13H2,1-2H3. The van der Waals surface area contributed by atoms with Gasteiger partial charge in [-0.2, -0.15) is 0 Å². The Bertz CT molecular complexity index is 342. The van der Waals surface area contributed by atoms with E-state index in [1.165, 1.54) is 5.56 Å². The van der Waals surface area contributed by atoms with Crippen LogP contribution in [0.2, 0.25) is 0 Å². The molecular weight excluding hydrogens is 222 g/mol. The van der Waals surface area contributed by atoms with Crippen molar-refractivity contribution in [3.05, 3.63) is 35.9 Å². The summed E-state index contributed by atoms with van der Waals surface area (Å²) >= 11 is 0. The summed E-state index contributed by atoms with van der Waals surface area (Å²) in [7, 11) is 0. The second kappa shape index (κ2) is 6.32. The summed E-state index contributed by atoms with van der Waals surface area (Å²) in [6.45, 7) is 11.1. The SMILES string of the molecule is CC(C)(CNCN1CCNCC1)c1ccccc1. The molecular formula is C15H25N3. The molecule has 0 aromatic heterocycles. The number of benzene rings is 1. The monoisotopic (exact) mass is 247 g/mol. The van der Waals surface area contributed by atoms with Gasteiger partial charge in [0.25, 0.3) is 0 Å². The van der Waals surface area contributed by atoms with E-state index in [4.69, 9.17) is 0 Å². The lowest BCUT2D eigenvalue weighted by Crippen LogP contribution is -2.48. The van der Waals surface area contributed by atoms with E-state index < -0.39 is 0 Å². The third kappa shape index (κ3) is 3.80. The molecule has 1 aliphatic heterocycles. The van der Waals surface area contributed by atoms with Crippen molar-refractivity contribution in [2.75, 3.05) is 39.4 Å². The molecule has 1 aromatic carbocycles. The first-order valence-electron chi connectivity index (χ1n) is 6.88. The van der Waals surface area contributed by atoms with Crippen LogP contribution in [-0.2, 0) is 5.41 Å². The summed E-state index contributed by atoms with van der Waals surface area (Å²) in [5, 5.41) is 6.97. The van der Waals surface area contributed by atoms with E-state index in [2.05, 4.69) is 59.7 Å². The average Bonchev–Trinajstić information content (AvgIpc) is 2.41. The molecule has 0 bridgehead atoms. The van der Waals surface area contributed by atoms with Crippen LogP contribution in [0.15, 0.2) is 30.3 Å². The maximum absolute atomic E-state index is 3.59. The third-order valence-electron chi connectivity index (χ3n) is 3.67. The number of hydrogen-bond donors (Lipinski definition) is 2. The molecule has 1 saturated heterocycles. The maximum Gasteiger partial charge on any atom is 0.0481 e. The Morgan fingerprint density at radius 1 is 1.17 bits per heavy atom. The molecule has 1 aliphatic rings. The zero-order chi connectivity index (χ0) is 12.8. The summed E-state index contributed by atoms with van der Waals surface area (Å²) in [6, 6.07) is 10.7. The molecule has 100 valence electrons. The van der Waals surface area contributed by atoms with E-state index in [9.17, 15) is 0 Å². The second-order valence-electron chi connectivity index (χ2n) is 5.70. The molecule has 1 fully saturated rings. The number of rotatable bonds is 5. The van der Waals surface area contributed by atoms with Crippen molar-refractivity contribution in [1.29, 1.82) is 0 Å². The summed E-state index contributed by atoms with van der Waals surface area (Å²) in [5.74, 6) is 0. The van der Waals surface area contributed by atoms with Crippen molar-refractivity contribution in [2.24, 2.45) is 0 Å². The highest BCUT2D eigenvalue weighted by atomic mass is 15.3. The van der Waals surface area contributed by atoms with Gasteiger partial charge in [-0.15, -0.1) is 0 Å². The van der Waals surface area contributed by atoms with Crippen molar-refractivity contribution < 1.29 is 0 Å². The molecule has 2 rings (SSSR count). The first-order valence-corrected chi connectivity index (χ1v) is 6.88. The number of piperazine rings is 1. The van der Waals surface area contributed by atoms with E-state index in [0.717, 1.165) is 39.4 Å². The van der Waals surface area contributed by atoms with Gasteiger partial charge in [-0.05, 0) is 5.56 Å².